The largest absolute Gasteiger partial charge is 0.476 e. The summed E-state index contributed by atoms with van der Waals surface area (Å²) < 4.78 is 1.25. The van der Waals surface area contributed by atoms with E-state index in [0.717, 1.165) is 24.2 Å². The van der Waals surface area contributed by atoms with E-state index in [2.05, 4.69) is 15.6 Å². The summed E-state index contributed by atoms with van der Waals surface area (Å²) in [6, 6.07) is 0. The number of hydrogen-bond donors (Lipinski definition) is 2. The molecule has 3 rings (SSSR count). The molecule has 1 heterocycles. The van der Waals surface area contributed by atoms with Crippen LogP contribution in [0.3, 0.4) is 0 Å². The Hall–Kier alpha value is -1.92. The summed E-state index contributed by atoms with van der Waals surface area (Å²) >= 11 is 0. The van der Waals surface area contributed by atoms with Crippen molar-refractivity contribution in [2.24, 2.45) is 17.8 Å². The molecule has 2 aliphatic rings. The molecule has 1 amide bonds. The average molecular weight is 292 g/mol. The van der Waals surface area contributed by atoms with Crippen LogP contribution in [0.1, 0.15) is 42.6 Å². The van der Waals surface area contributed by atoms with Gasteiger partial charge in [-0.05, 0) is 43.4 Å². The van der Waals surface area contributed by atoms with Gasteiger partial charge in [-0.2, -0.15) is 0 Å². The molecule has 1 aromatic rings. The number of amides is 1. The minimum absolute atomic E-state index is 0.0109. The second-order valence-corrected chi connectivity index (χ2v) is 6.18. The second-order valence-electron chi connectivity index (χ2n) is 6.18. The lowest BCUT2D eigenvalue weighted by atomic mass is 9.86. The zero-order chi connectivity index (χ0) is 14.8. The molecule has 1 aromatic heterocycles. The Morgan fingerprint density at radius 1 is 1.38 bits per heavy atom. The maximum absolute atomic E-state index is 11.8. The van der Waals surface area contributed by atoms with Crippen LogP contribution in [0, 0.1) is 17.8 Å². The third-order valence-corrected chi connectivity index (χ3v) is 4.79. The molecular weight excluding hydrogens is 272 g/mol. The monoisotopic (exact) mass is 292 g/mol. The lowest BCUT2D eigenvalue weighted by Gasteiger charge is -2.21. The minimum Gasteiger partial charge on any atom is -0.476 e. The number of nitrogens with zero attached hydrogens (tertiary/aromatic N) is 3. The first-order valence-electron chi connectivity index (χ1n) is 7.52. The normalized spacial score (nSPS) is 27.0. The van der Waals surface area contributed by atoms with Crippen molar-refractivity contribution in [2.45, 2.75) is 38.6 Å². The van der Waals surface area contributed by atoms with E-state index in [0.29, 0.717) is 6.54 Å². The zero-order valence-electron chi connectivity index (χ0n) is 11.9. The van der Waals surface area contributed by atoms with Gasteiger partial charge in [0.05, 0.1) is 6.20 Å². The quantitative estimate of drug-likeness (QED) is 0.812. The maximum atomic E-state index is 11.8. The van der Waals surface area contributed by atoms with Crippen LogP contribution < -0.4 is 5.32 Å². The molecule has 114 valence electrons. The molecule has 3 unspecified atom stereocenters. The topological polar surface area (TPSA) is 97.1 Å². The van der Waals surface area contributed by atoms with Crippen LogP contribution in [0.25, 0.3) is 0 Å². The summed E-state index contributed by atoms with van der Waals surface area (Å²) in [5.41, 5.74) is -0.148. The van der Waals surface area contributed by atoms with Crippen molar-refractivity contribution >= 4 is 11.9 Å². The highest BCUT2D eigenvalue weighted by atomic mass is 16.4. The summed E-state index contributed by atoms with van der Waals surface area (Å²) in [7, 11) is 0. The highest BCUT2D eigenvalue weighted by molar-refractivity contribution is 5.84. The lowest BCUT2D eigenvalue weighted by molar-refractivity contribution is -0.121. The number of rotatable bonds is 6. The van der Waals surface area contributed by atoms with E-state index in [1.54, 1.807) is 0 Å². The fraction of sp³-hybridized carbons (Fsp3) is 0.714. The standard InChI is InChI=1S/C14H20N4O3/c19-13(8-18-7-12(14(20)21)16-17-18)15-4-3-11-6-9-1-2-10(11)5-9/h7,9-11H,1-6,8H2,(H,15,19)(H,20,21). The number of carboxylic acids is 1. The Balaban J connectivity index is 1.39. The van der Waals surface area contributed by atoms with Crippen LogP contribution in [0.5, 0.6) is 0 Å². The molecule has 2 N–H and O–H groups in total. The van der Waals surface area contributed by atoms with Crippen molar-refractivity contribution in [2.75, 3.05) is 6.54 Å². The molecule has 7 heteroatoms. The molecule has 2 bridgehead atoms. The summed E-state index contributed by atoms with van der Waals surface area (Å²) in [4.78, 5) is 22.4. The number of carbonyl (C=O) groups is 2. The van der Waals surface area contributed by atoms with Crippen LogP contribution >= 0.6 is 0 Å². The lowest BCUT2D eigenvalue weighted by Crippen LogP contribution is -2.30. The van der Waals surface area contributed by atoms with Crippen molar-refractivity contribution in [3.63, 3.8) is 0 Å². The predicted molar refractivity (Wildman–Crippen MR) is 73.5 cm³/mol. The molecule has 21 heavy (non-hydrogen) atoms. The van der Waals surface area contributed by atoms with Gasteiger partial charge in [-0.1, -0.05) is 11.6 Å². The molecule has 2 saturated carbocycles. The molecule has 3 atom stereocenters. The van der Waals surface area contributed by atoms with Crippen molar-refractivity contribution in [3.8, 4) is 0 Å². The van der Waals surface area contributed by atoms with Gasteiger partial charge in [0.1, 0.15) is 6.54 Å². The van der Waals surface area contributed by atoms with Crippen molar-refractivity contribution in [3.05, 3.63) is 11.9 Å². The Bertz CT molecular complexity index is 542. The SMILES string of the molecule is O=C(Cn1cc(C(=O)O)nn1)NCCC1CC2CCC1C2. The molecule has 0 aliphatic heterocycles. The van der Waals surface area contributed by atoms with Crippen LogP contribution in [-0.4, -0.2) is 38.5 Å². The summed E-state index contributed by atoms with van der Waals surface area (Å²) in [5, 5.41) is 18.7. The molecule has 0 spiro atoms. The molecule has 0 aromatic carbocycles. The molecule has 0 radical (unpaired) electrons. The van der Waals surface area contributed by atoms with Crippen molar-refractivity contribution < 1.29 is 14.7 Å². The molecule has 0 saturated heterocycles. The van der Waals surface area contributed by atoms with Crippen LogP contribution in [-0.2, 0) is 11.3 Å². The highest BCUT2D eigenvalue weighted by Crippen LogP contribution is 2.49. The van der Waals surface area contributed by atoms with Gasteiger partial charge in [0.25, 0.3) is 0 Å². The average Bonchev–Trinajstić information content (AvgIpc) is 3.14. The summed E-state index contributed by atoms with van der Waals surface area (Å²) in [6.07, 6.45) is 7.77. The molecular formula is C14H20N4O3. The third kappa shape index (κ3) is 3.22. The molecule has 2 aliphatic carbocycles. The Labute approximate surface area is 122 Å². The number of aromatic nitrogens is 3. The van der Waals surface area contributed by atoms with Gasteiger partial charge in [-0.25, -0.2) is 9.48 Å². The van der Waals surface area contributed by atoms with Gasteiger partial charge in [0, 0.05) is 6.54 Å². The van der Waals surface area contributed by atoms with Gasteiger partial charge in [-0.15, -0.1) is 5.10 Å². The maximum Gasteiger partial charge on any atom is 0.358 e. The Morgan fingerprint density at radius 2 is 2.24 bits per heavy atom. The van der Waals surface area contributed by atoms with Gasteiger partial charge < -0.3 is 10.4 Å². The zero-order valence-corrected chi connectivity index (χ0v) is 11.9. The number of carbonyl (C=O) groups excluding carboxylic acids is 1. The second kappa shape index (κ2) is 5.83. The van der Waals surface area contributed by atoms with E-state index in [9.17, 15) is 9.59 Å². The van der Waals surface area contributed by atoms with Crippen LogP contribution in [0.4, 0.5) is 0 Å². The van der Waals surface area contributed by atoms with E-state index >= 15 is 0 Å². The fourth-order valence-electron chi connectivity index (χ4n) is 3.80. The van der Waals surface area contributed by atoms with Crippen LogP contribution in [0.15, 0.2) is 6.20 Å². The van der Waals surface area contributed by atoms with E-state index in [1.165, 1.54) is 36.6 Å². The number of nitrogens with one attached hydrogen (secondary N) is 1. The molecule has 2 fully saturated rings. The Kier molecular flexibility index (Phi) is 3.90. The van der Waals surface area contributed by atoms with E-state index < -0.39 is 5.97 Å². The molecule has 7 nitrogen and oxygen atoms in total. The first-order chi connectivity index (χ1) is 10.1. The van der Waals surface area contributed by atoms with E-state index in [1.807, 2.05) is 0 Å². The summed E-state index contributed by atoms with van der Waals surface area (Å²) in [5.74, 6) is 1.28. The highest BCUT2D eigenvalue weighted by Gasteiger charge is 2.38. The van der Waals surface area contributed by atoms with Crippen molar-refractivity contribution in [1.82, 2.24) is 20.3 Å². The first kappa shape index (κ1) is 14.0. The first-order valence-corrected chi connectivity index (χ1v) is 7.52. The smallest absolute Gasteiger partial charge is 0.358 e. The van der Waals surface area contributed by atoms with Gasteiger partial charge >= 0.3 is 5.97 Å². The fourth-order valence-corrected chi connectivity index (χ4v) is 3.80. The van der Waals surface area contributed by atoms with Gasteiger partial charge in [-0.3, -0.25) is 4.79 Å². The van der Waals surface area contributed by atoms with E-state index in [4.69, 9.17) is 5.11 Å². The third-order valence-electron chi connectivity index (χ3n) is 4.79. The van der Waals surface area contributed by atoms with Gasteiger partial charge in [0.15, 0.2) is 5.69 Å². The van der Waals surface area contributed by atoms with Crippen molar-refractivity contribution in [1.29, 1.82) is 0 Å². The number of fused-ring (bicyclic) bond motifs is 2. The van der Waals surface area contributed by atoms with Gasteiger partial charge in [0.2, 0.25) is 5.91 Å². The predicted octanol–water partition coefficient (Wildman–Crippen LogP) is 0.919. The number of aromatic carboxylic acids is 1. The summed E-state index contributed by atoms with van der Waals surface area (Å²) in [6.45, 7) is 0.699. The van der Waals surface area contributed by atoms with E-state index in [-0.39, 0.29) is 18.1 Å². The van der Waals surface area contributed by atoms with Crippen LogP contribution in [0.2, 0.25) is 0 Å². The minimum atomic E-state index is -1.14. The Morgan fingerprint density at radius 3 is 2.86 bits per heavy atom. The number of carboxylic acid groups (broad SMARTS) is 1. The number of hydrogen-bond acceptors (Lipinski definition) is 4.